The summed E-state index contributed by atoms with van der Waals surface area (Å²) in [5.41, 5.74) is 0.582. The van der Waals surface area contributed by atoms with Crippen molar-refractivity contribution < 1.29 is 9.53 Å². The second-order valence-electron chi connectivity index (χ2n) is 3.46. The number of aliphatic imine (C=N–C) groups is 1. The molecule has 0 aromatic rings. The van der Waals surface area contributed by atoms with Crippen molar-refractivity contribution in [3.05, 3.63) is 0 Å². The molecule has 0 saturated carbocycles. The van der Waals surface area contributed by atoms with Gasteiger partial charge in [0.1, 0.15) is 5.71 Å². The minimum atomic E-state index is -0.279. The molecule has 0 amide bonds. The van der Waals surface area contributed by atoms with Crippen LogP contribution < -0.4 is 0 Å². The zero-order valence-electron chi connectivity index (χ0n) is 8.24. The van der Waals surface area contributed by atoms with Gasteiger partial charge in [0.05, 0.1) is 12.5 Å². The molecule has 1 atom stereocenters. The fraction of sp³-hybridized carbons (Fsp3) is 0.778. The summed E-state index contributed by atoms with van der Waals surface area (Å²) in [6, 6.07) is 0. The Hall–Kier alpha value is -0.510. The lowest BCUT2D eigenvalue weighted by molar-refractivity contribution is -0.132. The highest BCUT2D eigenvalue weighted by Gasteiger charge is 2.23. The van der Waals surface area contributed by atoms with Gasteiger partial charge in [0.15, 0.2) is 0 Å². The van der Waals surface area contributed by atoms with Gasteiger partial charge in [-0.25, -0.2) is 4.79 Å². The van der Waals surface area contributed by atoms with Crippen LogP contribution >= 0.6 is 11.8 Å². The lowest BCUT2D eigenvalue weighted by Gasteiger charge is -2.07. The predicted molar refractivity (Wildman–Crippen MR) is 55.2 cm³/mol. The van der Waals surface area contributed by atoms with Crippen molar-refractivity contribution in [3.63, 3.8) is 0 Å². The highest BCUT2D eigenvalue weighted by molar-refractivity contribution is 8.01. The van der Waals surface area contributed by atoms with E-state index in [2.05, 4.69) is 23.6 Å². The van der Waals surface area contributed by atoms with Crippen molar-refractivity contribution in [2.75, 3.05) is 12.9 Å². The van der Waals surface area contributed by atoms with Crippen LogP contribution in [0.4, 0.5) is 0 Å². The number of ether oxygens (including phenoxy) is 1. The molecule has 13 heavy (non-hydrogen) atoms. The van der Waals surface area contributed by atoms with Gasteiger partial charge in [-0.15, -0.1) is 11.8 Å². The SMILES string of the molecule is COC(=O)C1=N[C@H](CC(C)C)SC1. The lowest BCUT2D eigenvalue weighted by Crippen LogP contribution is -2.15. The first-order valence-electron chi connectivity index (χ1n) is 4.40. The fourth-order valence-electron chi connectivity index (χ4n) is 1.18. The molecule has 0 unspecified atom stereocenters. The van der Waals surface area contributed by atoms with Gasteiger partial charge < -0.3 is 4.74 Å². The molecule has 1 heterocycles. The average molecular weight is 201 g/mol. The molecule has 0 aromatic heterocycles. The minimum Gasteiger partial charge on any atom is -0.465 e. The number of esters is 1. The maximum absolute atomic E-state index is 11.1. The number of hydrogen-bond donors (Lipinski definition) is 0. The van der Waals surface area contributed by atoms with E-state index in [1.165, 1.54) is 7.11 Å². The van der Waals surface area contributed by atoms with Crippen molar-refractivity contribution in [1.29, 1.82) is 0 Å². The Balaban J connectivity index is 2.48. The predicted octanol–water partition coefficient (Wildman–Crippen LogP) is 1.72. The first kappa shape index (κ1) is 10.6. The molecule has 3 nitrogen and oxygen atoms in total. The van der Waals surface area contributed by atoms with E-state index in [-0.39, 0.29) is 11.3 Å². The molecular formula is C9H15NO2S. The Labute approximate surface area is 82.9 Å². The highest BCUT2D eigenvalue weighted by Crippen LogP contribution is 2.26. The zero-order valence-corrected chi connectivity index (χ0v) is 9.06. The number of hydrogen-bond acceptors (Lipinski definition) is 4. The van der Waals surface area contributed by atoms with Gasteiger partial charge in [-0.05, 0) is 12.3 Å². The Morgan fingerprint density at radius 3 is 3.00 bits per heavy atom. The average Bonchev–Trinajstić information content (AvgIpc) is 2.50. The first-order chi connectivity index (χ1) is 6.13. The van der Waals surface area contributed by atoms with Gasteiger partial charge in [-0.3, -0.25) is 4.99 Å². The molecule has 0 aliphatic carbocycles. The lowest BCUT2D eigenvalue weighted by atomic mass is 10.1. The number of carbonyl (C=O) groups excluding carboxylic acids is 1. The van der Waals surface area contributed by atoms with Gasteiger partial charge in [0.25, 0.3) is 0 Å². The van der Waals surface area contributed by atoms with E-state index in [1.54, 1.807) is 11.8 Å². The van der Waals surface area contributed by atoms with Crippen molar-refractivity contribution >= 4 is 23.4 Å². The number of methoxy groups -OCH3 is 1. The summed E-state index contributed by atoms with van der Waals surface area (Å²) in [6.07, 6.45) is 1.03. The maximum atomic E-state index is 11.1. The summed E-state index contributed by atoms with van der Waals surface area (Å²) in [6.45, 7) is 4.32. The van der Waals surface area contributed by atoms with Gasteiger partial charge in [0, 0.05) is 5.75 Å². The van der Waals surface area contributed by atoms with E-state index in [9.17, 15) is 4.79 Å². The quantitative estimate of drug-likeness (QED) is 0.653. The summed E-state index contributed by atoms with van der Waals surface area (Å²) in [5, 5.41) is 0.258. The molecular weight excluding hydrogens is 186 g/mol. The van der Waals surface area contributed by atoms with Crippen molar-refractivity contribution in [2.24, 2.45) is 10.9 Å². The van der Waals surface area contributed by atoms with E-state index in [0.717, 1.165) is 6.42 Å². The second kappa shape index (κ2) is 4.65. The van der Waals surface area contributed by atoms with Crippen LogP contribution in [0.3, 0.4) is 0 Å². The second-order valence-corrected chi connectivity index (χ2v) is 4.63. The summed E-state index contributed by atoms with van der Waals surface area (Å²) in [5.74, 6) is 1.04. The molecule has 0 N–H and O–H groups in total. The number of carbonyl (C=O) groups is 1. The highest BCUT2D eigenvalue weighted by atomic mass is 32.2. The van der Waals surface area contributed by atoms with Crippen molar-refractivity contribution in [2.45, 2.75) is 25.6 Å². The Morgan fingerprint density at radius 2 is 2.46 bits per heavy atom. The van der Waals surface area contributed by atoms with Crippen LogP contribution in [-0.2, 0) is 9.53 Å². The van der Waals surface area contributed by atoms with E-state index < -0.39 is 0 Å². The summed E-state index contributed by atoms with van der Waals surface area (Å²) >= 11 is 1.72. The van der Waals surface area contributed by atoms with Crippen LogP contribution in [-0.4, -0.2) is 29.9 Å². The zero-order chi connectivity index (χ0) is 9.84. The van der Waals surface area contributed by atoms with E-state index in [1.807, 2.05) is 0 Å². The molecule has 4 heteroatoms. The van der Waals surface area contributed by atoms with Gasteiger partial charge in [0.2, 0.25) is 0 Å². The minimum absolute atomic E-state index is 0.258. The first-order valence-corrected chi connectivity index (χ1v) is 5.45. The number of thioether (sulfide) groups is 1. The van der Waals surface area contributed by atoms with Crippen LogP contribution in [0.1, 0.15) is 20.3 Å². The van der Waals surface area contributed by atoms with Crippen LogP contribution in [0.5, 0.6) is 0 Å². The Morgan fingerprint density at radius 1 is 1.77 bits per heavy atom. The van der Waals surface area contributed by atoms with E-state index >= 15 is 0 Å². The van der Waals surface area contributed by atoms with Gasteiger partial charge >= 0.3 is 5.97 Å². The molecule has 1 aliphatic heterocycles. The molecule has 0 aromatic carbocycles. The van der Waals surface area contributed by atoms with Crippen LogP contribution in [0.15, 0.2) is 4.99 Å². The molecule has 0 fully saturated rings. The maximum Gasteiger partial charge on any atom is 0.352 e. The van der Waals surface area contributed by atoms with Crippen molar-refractivity contribution in [1.82, 2.24) is 0 Å². The van der Waals surface area contributed by atoms with Crippen molar-refractivity contribution in [3.8, 4) is 0 Å². The largest absolute Gasteiger partial charge is 0.465 e. The normalized spacial score (nSPS) is 21.8. The Kier molecular flexibility index (Phi) is 3.78. The third kappa shape index (κ3) is 3.03. The third-order valence-corrected chi connectivity index (χ3v) is 2.93. The van der Waals surface area contributed by atoms with Gasteiger partial charge in [-0.1, -0.05) is 13.8 Å². The summed E-state index contributed by atoms with van der Waals surface area (Å²) in [4.78, 5) is 15.4. The smallest absolute Gasteiger partial charge is 0.352 e. The summed E-state index contributed by atoms with van der Waals surface area (Å²) < 4.78 is 4.60. The molecule has 0 saturated heterocycles. The molecule has 0 spiro atoms. The fourth-order valence-corrected chi connectivity index (χ4v) is 2.44. The summed E-state index contributed by atoms with van der Waals surface area (Å²) in [7, 11) is 1.39. The molecule has 0 bridgehead atoms. The van der Waals surface area contributed by atoms with Crippen LogP contribution in [0.25, 0.3) is 0 Å². The molecule has 1 aliphatic rings. The van der Waals surface area contributed by atoms with Crippen LogP contribution in [0, 0.1) is 5.92 Å². The molecule has 1 rings (SSSR count). The van der Waals surface area contributed by atoms with E-state index in [0.29, 0.717) is 17.4 Å². The van der Waals surface area contributed by atoms with E-state index in [4.69, 9.17) is 0 Å². The monoisotopic (exact) mass is 201 g/mol. The topological polar surface area (TPSA) is 38.7 Å². The third-order valence-electron chi connectivity index (χ3n) is 1.81. The molecule has 74 valence electrons. The number of rotatable bonds is 3. The van der Waals surface area contributed by atoms with Gasteiger partial charge in [-0.2, -0.15) is 0 Å². The van der Waals surface area contributed by atoms with Crippen LogP contribution in [0.2, 0.25) is 0 Å². The number of nitrogens with zero attached hydrogens (tertiary/aromatic N) is 1. The molecule has 0 radical (unpaired) electrons. The Bertz CT molecular complexity index is 226. The standard InChI is InChI=1S/C9H15NO2S/c1-6(2)4-8-10-7(5-13-8)9(11)12-3/h6,8H,4-5H2,1-3H3/t8-/m0/s1.